The molecule has 1 atom stereocenters. The fourth-order valence-corrected chi connectivity index (χ4v) is 2.89. The molecule has 3 aromatic rings. The normalized spacial score (nSPS) is 16.6. The summed E-state index contributed by atoms with van der Waals surface area (Å²) < 4.78 is 7.94. The highest BCUT2D eigenvalue weighted by molar-refractivity contribution is 5.62. The van der Waals surface area contributed by atoms with Crippen molar-refractivity contribution >= 4 is 5.82 Å². The largest absolute Gasteiger partial charge is 0.368 e. The van der Waals surface area contributed by atoms with Crippen LogP contribution in [0.5, 0.6) is 0 Å². The van der Waals surface area contributed by atoms with Crippen LogP contribution >= 0.6 is 0 Å². The van der Waals surface area contributed by atoms with Crippen molar-refractivity contribution in [3.63, 3.8) is 0 Å². The summed E-state index contributed by atoms with van der Waals surface area (Å²) in [4.78, 5) is 4.26. The van der Waals surface area contributed by atoms with Crippen LogP contribution in [0.25, 0.3) is 11.3 Å². The van der Waals surface area contributed by atoms with E-state index in [-0.39, 0.29) is 6.10 Å². The summed E-state index contributed by atoms with van der Waals surface area (Å²) >= 11 is 0. The molecule has 0 saturated heterocycles. The van der Waals surface area contributed by atoms with Crippen LogP contribution in [0.1, 0.15) is 11.3 Å². The van der Waals surface area contributed by atoms with Crippen molar-refractivity contribution in [1.29, 1.82) is 0 Å². The van der Waals surface area contributed by atoms with Gasteiger partial charge in [-0.25, -0.2) is 9.67 Å². The maximum Gasteiger partial charge on any atom is 0.125 e. The second-order valence-corrected chi connectivity index (χ2v) is 5.97. The zero-order chi connectivity index (χ0) is 16.4. The van der Waals surface area contributed by atoms with Gasteiger partial charge in [0.15, 0.2) is 0 Å². The highest BCUT2D eigenvalue weighted by Crippen LogP contribution is 2.25. The number of fused-ring (bicyclic) bond motifs is 1. The van der Waals surface area contributed by atoms with Crippen molar-refractivity contribution in [3.8, 4) is 11.3 Å². The second-order valence-electron chi connectivity index (χ2n) is 5.97. The molecule has 0 bridgehead atoms. The smallest absolute Gasteiger partial charge is 0.125 e. The van der Waals surface area contributed by atoms with Gasteiger partial charge in [0.25, 0.3) is 0 Å². The van der Waals surface area contributed by atoms with E-state index in [4.69, 9.17) is 4.74 Å². The molecule has 1 aliphatic heterocycles. The molecule has 1 aliphatic rings. The molecule has 1 aromatic carbocycles. The zero-order valence-corrected chi connectivity index (χ0v) is 13.5. The topological polar surface area (TPSA) is 64.9 Å². The molecule has 4 rings (SSSR count). The molecule has 0 fully saturated rings. The summed E-state index contributed by atoms with van der Waals surface area (Å²) in [6.45, 7) is 3.98. The Hall–Kier alpha value is -2.73. The Morgan fingerprint density at radius 3 is 3.04 bits per heavy atom. The number of anilines is 1. The van der Waals surface area contributed by atoms with Crippen LogP contribution < -0.4 is 5.32 Å². The van der Waals surface area contributed by atoms with E-state index in [0.29, 0.717) is 19.7 Å². The molecular weight excluding hydrogens is 302 g/mol. The Morgan fingerprint density at radius 1 is 1.25 bits per heavy atom. The Kier molecular flexibility index (Phi) is 3.96. The van der Waals surface area contributed by atoms with Gasteiger partial charge in [0.1, 0.15) is 11.5 Å². The predicted molar refractivity (Wildman–Crippen MR) is 91.5 cm³/mol. The highest BCUT2D eigenvalue weighted by Gasteiger charge is 2.24. The number of pyridine rings is 1. The molecule has 122 valence electrons. The fourth-order valence-electron chi connectivity index (χ4n) is 2.89. The van der Waals surface area contributed by atoms with Crippen LogP contribution in [0.4, 0.5) is 5.82 Å². The van der Waals surface area contributed by atoms with Crippen molar-refractivity contribution in [2.24, 2.45) is 0 Å². The van der Waals surface area contributed by atoms with E-state index in [1.807, 2.05) is 28.9 Å². The number of aromatic nitrogens is 4. The van der Waals surface area contributed by atoms with Gasteiger partial charge in [0.05, 0.1) is 24.9 Å². The lowest BCUT2D eigenvalue weighted by Crippen LogP contribution is -2.33. The van der Waals surface area contributed by atoms with Crippen LogP contribution in [-0.2, 0) is 17.9 Å². The number of benzene rings is 1. The minimum atomic E-state index is 0.0477. The molecule has 0 aliphatic carbocycles. The third-order valence-corrected chi connectivity index (χ3v) is 4.14. The first-order valence-electron chi connectivity index (χ1n) is 8.05. The Labute approximate surface area is 140 Å². The van der Waals surface area contributed by atoms with Crippen LogP contribution in [0.2, 0.25) is 0 Å². The standard InChI is InChI=1S/C18H19N5O/c1-13-5-4-6-14(9-13)18-16-12-24-15(11-23(16)22-21-18)10-20-17-7-2-3-8-19-17/h2-9,15H,10-12H2,1H3,(H,19,20). The first-order valence-corrected chi connectivity index (χ1v) is 8.05. The van der Waals surface area contributed by atoms with Crippen molar-refractivity contribution in [2.75, 3.05) is 11.9 Å². The zero-order valence-electron chi connectivity index (χ0n) is 13.5. The highest BCUT2D eigenvalue weighted by atomic mass is 16.5. The lowest BCUT2D eigenvalue weighted by molar-refractivity contribution is 0.00883. The predicted octanol–water partition coefficient (Wildman–Crippen LogP) is 2.66. The number of hydrogen-bond acceptors (Lipinski definition) is 5. The van der Waals surface area contributed by atoms with Crippen LogP contribution in [0.3, 0.4) is 0 Å². The summed E-state index contributed by atoms with van der Waals surface area (Å²) in [6.07, 6.45) is 1.82. The van der Waals surface area contributed by atoms with E-state index in [1.54, 1.807) is 6.20 Å². The maximum atomic E-state index is 5.99. The van der Waals surface area contributed by atoms with Crippen LogP contribution in [0, 0.1) is 6.92 Å². The SMILES string of the molecule is Cc1cccc(-c2nnn3c2COC(CNc2ccccn2)C3)c1. The quantitative estimate of drug-likeness (QED) is 0.800. The summed E-state index contributed by atoms with van der Waals surface area (Å²) in [5.74, 6) is 0.853. The summed E-state index contributed by atoms with van der Waals surface area (Å²) in [5.41, 5.74) is 4.25. The molecule has 24 heavy (non-hydrogen) atoms. The molecule has 3 heterocycles. The molecule has 2 aromatic heterocycles. The first kappa shape index (κ1) is 14.8. The fraction of sp³-hybridized carbons (Fsp3) is 0.278. The van der Waals surface area contributed by atoms with Gasteiger partial charge in [-0.1, -0.05) is 35.0 Å². The molecule has 0 saturated carbocycles. The van der Waals surface area contributed by atoms with Gasteiger partial charge in [-0.15, -0.1) is 5.10 Å². The lowest BCUT2D eigenvalue weighted by atomic mass is 10.1. The second kappa shape index (κ2) is 6.41. The maximum absolute atomic E-state index is 5.99. The molecule has 6 heteroatoms. The number of aryl methyl sites for hydroxylation is 1. The number of nitrogens with zero attached hydrogens (tertiary/aromatic N) is 4. The van der Waals surface area contributed by atoms with Gasteiger partial charge < -0.3 is 10.1 Å². The van der Waals surface area contributed by atoms with E-state index in [1.165, 1.54) is 5.56 Å². The van der Waals surface area contributed by atoms with E-state index < -0.39 is 0 Å². The Balaban J connectivity index is 1.47. The average Bonchev–Trinajstić information content (AvgIpc) is 3.04. The van der Waals surface area contributed by atoms with Crippen molar-refractivity contribution in [3.05, 3.63) is 59.9 Å². The number of rotatable bonds is 4. The Morgan fingerprint density at radius 2 is 2.21 bits per heavy atom. The van der Waals surface area contributed by atoms with Gasteiger partial charge in [0.2, 0.25) is 0 Å². The van der Waals surface area contributed by atoms with Gasteiger partial charge in [-0.05, 0) is 25.1 Å². The van der Waals surface area contributed by atoms with Gasteiger partial charge in [0, 0.05) is 18.3 Å². The van der Waals surface area contributed by atoms with E-state index in [0.717, 1.165) is 22.8 Å². The van der Waals surface area contributed by atoms with Gasteiger partial charge >= 0.3 is 0 Å². The van der Waals surface area contributed by atoms with Gasteiger partial charge in [-0.3, -0.25) is 0 Å². The third-order valence-electron chi connectivity index (χ3n) is 4.14. The summed E-state index contributed by atoms with van der Waals surface area (Å²) in [7, 11) is 0. The third kappa shape index (κ3) is 3.00. The minimum Gasteiger partial charge on any atom is -0.368 e. The van der Waals surface area contributed by atoms with E-state index >= 15 is 0 Å². The number of hydrogen-bond donors (Lipinski definition) is 1. The van der Waals surface area contributed by atoms with Gasteiger partial charge in [-0.2, -0.15) is 0 Å². The molecule has 1 unspecified atom stereocenters. The average molecular weight is 321 g/mol. The van der Waals surface area contributed by atoms with Crippen LogP contribution in [0.15, 0.2) is 48.7 Å². The summed E-state index contributed by atoms with van der Waals surface area (Å²) in [5, 5.41) is 12.0. The van der Waals surface area contributed by atoms with Crippen molar-refractivity contribution in [1.82, 2.24) is 20.0 Å². The molecule has 0 radical (unpaired) electrons. The van der Waals surface area contributed by atoms with Crippen LogP contribution in [-0.4, -0.2) is 32.6 Å². The lowest BCUT2D eigenvalue weighted by Gasteiger charge is -2.24. The molecule has 0 amide bonds. The van der Waals surface area contributed by atoms with Crippen molar-refractivity contribution in [2.45, 2.75) is 26.2 Å². The summed E-state index contributed by atoms with van der Waals surface area (Å²) in [6, 6.07) is 14.1. The number of nitrogens with one attached hydrogen (secondary N) is 1. The monoisotopic (exact) mass is 321 g/mol. The Bertz CT molecular complexity index is 830. The molecule has 0 spiro atoms. The first-order chi connectivity index (χ1) is 11.8. The van der Waals surface area contributed by atoms with Crippen molar-refractivity contribution < 1.29 is 4.74 Å². The molecular formula is C18H19N5O. The number of ether oxygens (including phenoxy) is 1. The van der Waals surface area contributed by atoms with E-state index in [2.05, 4.69) is 45.7 Å². The van der Waals surface area contributed by atoms with E-state index in [9.17, 15) is 0 Å². The minimum absolute atomic E-state index is 0.0477. The molecule has 6 nitrogen and oxygen atoms in total. The molecule has 1 N–H and O–H groups in total.